The van der Waals surface area contributed by atoms with Gasteiger partial charge in [0.05, 0.1) is 18.4 Å². The lowest BCUT2D eigenvalue weighted by Crippen LogP contribution is -2.25. The summed E-state index contributed by atoms with van der Waals surface area (Å²) in [5, 5.41) is 3.53. The average molecular weight is 399 g/mol. The first-order valence-electron chi connectivity index (χ1n) is 8.54. The highest BCUT2D eigenvalue weighted by Gasteiger charge is 2.27. The summed E-state index contributed by atoms with van der Waals surface area (Å²) in [6.07, 6.45) is 6.36. The topological polar surface area (TPSA) is 58.6 Å². The van der Waals surface area contributed by atoms with Gasteiger partial charge in [0.1, 0.15) is 9.32 Å². The first kappa shape index (κ1) is 18.7. The Labute approximate surface area is 161 Å². The van der Waals surface area contributed by atoms with Crippen LogP contribution in [0.2, 0.25) is 0 Å². The number of fused-ring (bicyclic) bond motifs is 1. The second-order valence-electron chi connectivity index (χ2n) is 6.20. The largest absolute Gasteiger partial charge is 0.465 e. The molecule has 1 saturated heterocycles. The van der Waals surface area contributed by atoms with Crippen LogP contribution < -0.4 is 5.32 Å². The first-order valence-corrected chi connectivity index (χ1v) is 10.8. The zero-order valence-electron chi connectivity index (χ0n) is 14.3. The number of likely N-dealkylation sites (tertiary alicyclic amines) is 1. The predicted molar refractivity (Wildman–Crippen MR) is 107 cm³/mol. The second-order valence-corrected chi connectivity index (χ2v) is 8.92. The molecule has 0 saturated carbocycles. The molecule has 0 unspecified atom stereocenters. The van der Waals surface area contributed by atoms with Crippen molar-refractivity contribution in [3.63, 3.8) is 0 Å². The number of aryl methyl sites for hydroxylation is 1. The molecule has 1 amide bonds. The molecule has 1 N–H and O–H groups in total. The fourth-order valence-electron chi connectivity index (χ4n) is 3.25. The normalized spacial score (nSPS) is 16.4. The maximum atomic E-state index is 12.4. The fourth-order valence-corrected chi connectivity index (χ4v) is 5.60. The molecule has 0 spiro atoms. The quantitative estimate of drug-likeness (QED) is 0.619. The first-order chi connectivity index (χ1) is 12.1. The molecule has 2 heterocycles. The lowest BCUT2D eigenvalue weighted by Gasteiger charge is -2.17. The highest BCUT2D eigenvalue weighted by Crippen LogP contribution is 2.38. The van der Waals surface area contributed by atoms with Crippen LogP contribution in [0.5, 0.6) is 0 Å². The molecule has 0 atom stereocenters. The second kappa shape index (κ2) is 8.51. The van der Waals surface area contributed by atoms with E-state index in [0.717, 1.165) is 61.5 Å². The summed E-state index contributed by atoms with van der Waals surface area (Å²) in [4.78, 5) is 27.9. The van der Waals surface area contributed by atoms with Gasteiger partial charge in [-0.05, 0) is 44.1 Å². The number of carbonyl (C=O) groups is 2. The van der Waals surface area contributed by atoms with E-state index >= 15 is 0 Å². The van der Waals surface area contributed by atoms with Crippen LogP contribution in [0.4, 0.5) is 5.00 Å². The van der Waals surface area contributed by atoms with Gasteiger partial charge in [-0.25, -0.2) is 4.79 Å². The number of amides is 1. The zero-order valence-corrected chi connectivity index (χ0v) is 16.7. The van der Waals surface area contributed by atoms with Gasteiger partial charge in [-0.3, -0.25) is 4.79 Å². The van der Waals surface area contributed by atoms with E-state index in [2.05, 4.69) is 10.2 Å². The molecular formula is C17H22N2O3S3. The minimum absolute atomic E-state index is 0.129. The Morgan fingerprint density at radius 2 is 1.96 bits per heavy atom. The third kappa shape index (κ3) is 4.35. The van der Waals surface area contributed by atoms with Gasteiger partial charge in [0.15, 0.2) is 0 Å². The molecule has 5 nitrogen and oxygen atoms in total. The van der Waals surface area contributed by atoms with Crippen molar-refractivity contribution in [2.45, 2.75) is 38.5 Å². The number of esters is 1. The van der Waals surface area contributed by atoms with Gasteiger partial charge in [-0.2, -0.15) is 0 Å². The van der Waals surface area contributed by atoms with Crippen molar-refractivity contribution in [3.05, 3.63) is 16.0 Å². The van der Waals surface area contributed by atoms with Gasteiger partial charge in [0, 0.05) is 18.0 Å². The van der Waals surface area contributed by atoms with Crippen LogP contribution in [-0.2, 0) is 22.4 Å². The van der Waals surface area contributed by atoms with Gasteiger partial charge in [0.2, 0.25) is 5.91 Å². The van der Waals surface area contributed by atoms with Crippen LogP contribution in [0.15, 0.2) is 0 Å². The summed E-state index contributed by atoms with van der Waals surface area (Å²) in [6, 6.07) is 0. The number of rotatable bonds is 4. The Balaban J connectivity index is 1.65. The number of thiophene rings is 1. The van der Waals surface area contributed by atoms with Gasteiger partial charge < -0.3 is 15.0 Å². The fraction of sp³-hybridized carbons (Fsp3) is 0.588. The van der Waals surface area contributed by atoms with Gasteiger partial charge >= 0.3 is 5.97 Å². The molecule has 8 heteroatoms. The molecule has 2 aliphatic rings. The molecule has 0 aromatic carbocycles. The molecule has 1 aliphatic carbocycles. The van der Waals surface area contributed by atoms with E-state index in [4.69, 9.17) is 17.0 Å². The SMILES string of the molecule is COC(=O)c1c(NC(=O)CSC(=S)N2CCCC2)sc2c1CCCC2. The summed E-state index contributed by atoms with van der Waals surface area (Å²) >= 11 is 8.29. The molecule has 1 aliphatic heterocycles. The predicted octanol–water partition coefficient (Wildman–Crippen LogP) is 3.47. The number of methoxy groups -OCH3 is 1. The molecular weight excluding hydrogens is 376 g/mol. The van der Waals surface area contributed by atoms with Gasteiger partial charge in [0.25, 0.3) is 0 Å². The van der Waals surface area contributed by atoms with Crippen LogP contribution in [0, 0.1) is 0 Å². The van der Waals surface area contributed by atoms with Crippen molar-refractivity contribution >= 4 is 56.5 Å². The number of thioether (sulfide) groups is 1. The standard InChI is InChI=1S/C17H22N2O3S3/c1-22-16(21)14-11-6-2-3-7-12(11)25-15(14)18-13(20)10-24-17(23)19-8-4-5-9-19/h2-10H2,1H3,(H,18,20). The van der Waals surface area contributed by atoms with E-state index in [1.807, 2.05) is 0 Å². The third-order valence-corrected chi connectivity index (χ3v) is 7.24. The lowest BCUT2D eigenvalue weighted by atomic mass is 9.95. The van der Waals surface area contributed by atoms with E-state index < -0.39 is 0 Å². The summed E-state index contributed by atoms with van der Waals surface area (Å²) in [7, 11) is 1.38. The minimum Gasteiger partial charge on any atom is -0.465 e. The van der Waals surface area contributed by atoms with E-state index in [-0.39, 0.29) is 17.6 Å². The molecule has 136 valence electrons. The van der Waals surface area contributed by atoms with Crippen LogP contribution in [0.25, 0.3) is 0 Å². The number of anilines is 1. The minimum atomic E-state index is -0.366. The maximum Gasteiger partial charge on any atom is 0.341 e. The Morgan fingerprint density at radius 3 is 2.68 bits per heavy atom. The van der Waals surface area contributed by atoms with Crippen LogP contribution >= 0.6 is 35.3 Å². The number of hydrogen-bond donors (Lipinski definition) is 1. The molecule has 0 radical (unpaired) electrons. The van der Waals surface area contributed by atoms with E-state index in [9.17, 15) is 9.59 Å². The van der Waals surface area contributed by atoms with E-state index in [1.54, 1.807) is 0 Å². The number of nitrogens with one attached hydrogen (secondary N) is 1. The van der Waals surface area contributed by atoms with Gasteiger partial charge in [-0.1, -0.05) is 24.0 Å². The summed E-state index contributed by atoms with van der Waals surface area (Å²) in [6.45, 7) is 1.97. The Bertz CT molecular complexity index is 681. The summed E-state index contributed by atoms with van der Waals surface area (Å²) < 4.78 is 5.72. The smallest absolute Gasteiger partial charge is 0.341 e. The van der Waals surface area contributed by atoms with Crippen molar-refractivity contribution in [2.24, 2.45) is 0 Å². The average Bonchev–Trinajstić information content (AvgIpc) is 3.26. The lowest BCUT2D eigenvalue weighted by molar-refractivity contribution is -0.113. The molecule has 25 heavy (non-hydrogen) atoms. The molecule has 1 aromatic heterocycles. The Morgan fingerprint density at radius 1 is 1.24 bits per heavy atom. The van der Waals surface area contributed by atoms with Crippen LogP contribution in [0.1, 0.15) is 46.5 Å². The van der Waals surface area contributed by atoms with Crippen molar-refractivity contribution in [2.75, 3.05) is 31.3 Å². The number of thiocarbonyl (C=S) groups is 1. The maximum absolute atomic E-state index is 12.4. The number of carbonyl (C=O) groups excluding carboxylic acids is 2. The van der Waals surface area contributed by atoms with Crippen molar-refractivity contribution in [3.8, 4) is 0 Å². The van der Waals surface area contributed by atoms with Crippen molar-refractivity contribution in [1.82, 2.24) is 4.90 Å². The van der Waals surface area contributed by atoms with Gasteiger partial charge in [-0.15, -0.1) is 11.3 Å². The van der Waals surface area contributed by atoms with Crippen molar-refractivity contribution < 1.29 is 14.3 Å². The third-order valence-electron chi connectivity index (χ3n) is 4.50. The Hall–Kier alpha value is -1.12. The molecule has 1 fully saturated rings. The van der Waals surface area contributed by atoms with E-state index in [0.29, 0.717) is 10.6 Å². The zero-order chi connectivity index (χ0) is 17.8. The number of nitrogens with zero attached hydrogens (tertiary/aromatic N) is 1. The van der Waals surface area contributed by atoms with Crippen molar-refractivity contribution in [1.29, 1.82) is 0 Å². The van der Waals surface area contributed by atoms with Crippen LogP contribution in [0.3, 0.4) is 0 Å². The summed E-state index contributed by atoms with van der Waals surface area (Å²) in [5.41, 5.74) is 1.60. The number of ether oxygens (including phenoxy) is 1. The Kier molecular flexibility index (Phi) is 6.35. The highest BCUT2D eigenvalue weighted by molar-refractivity contribution is 8.23. The molecule has 3 rings (SSSR count). The van der Waals surface area contributed by atoms with Crippen LogP contribution in [-0.4, -0.2) is 47.0 Å². The molecule has 1 aromatic rings. The number of hydrogen-bond acceptors (Lipinski definition) is 6. The molecule has 0 bridgehead atoms. The highest BCUT2D eigenvalue weighted by atomic mass is 32.2. The monoisotopic (exact) mass is 398 g/mol. The van der Waals surface area contributed by atoms with E-state index in [1.165, 1.54) is 35.1 Å². The summed E-state index contributed by atoms with van der Waals surface area (Å²) in [5.74, 6) is -0.233.